The summed E-state index contributed by atoms with van der Waals surface area (Å²) in [6.45, 7) is 3.22. The first kappa shape index (κ1) is 12.4. The summed E-state index contributed by atoms with van der Waals surface area (Å²) in [5.74, 6) is 2.39. The van der Waals surface area contributed by atoms with Gasteiger partial charge in [-0.1, -0.05) is 37.3 Å². The van der Waals surface area contributed by atoms with E-state index >= 15 is 0 Å². The summed E-state index contributed by atoms with van der Waals surface area (Å²) in [6, 6.07) is 10.0. The first-order chi connectivity index (χ1) is 9.15. The molecule has 4 heteroatoms. The number of rotatable bonds is 4. The Morgan fingerprint density at radius 2 is 2.21 bits per heavy atom. The van der Waals surface area contributed by atoms with Crippen molar-refractivity contribution in [1.82, 2.24) is 4.98 Å². The topological polar surface area (TPSA) is 50.9 Å². The molecule has 2 aromatic rings. The molecule has 0 aliphatic heterocycles. The number of hydrogen-bond acceptors (Lipinski definition) is 3. The fraction of sp³-hybridized carbons (Fsp3) is 0.333. The molecule has 2 atom stereocenters. The van der Waals surface area contributed by atoms with Crippen molar-refractivity contribution in [2.75, 3.05) is 11.9 Å². The lowest BCUT2D eigenvalue weighted by molar-refractivity contribution is 0.785. The van der Waals surface area contributed by atoms with Crippen molar-refractivity contribution >= 4 is 33.9 Å². The predicted octanol–water partition coefficient (Wildman–Crippen LogP) is 2.94. The Hall–Kier alpha value is -1.68. The summed E-state index contributed by atoms with van der Waals surface area (Å²) in [4.78, 5) is 5.04. The summed E-state index contributed by atoms with van der Waals surface area (Å²) < 4.78 is 0. The van der Waals surface area contributed by atoms with Gasteiger partial charge in [-0.2, -0.15) is 0 Å². The van der Waals surface area contributed by atoms with Gasteiger partial charge >= 0.3 is 0 Å². The average molecular weight is 271 g/mol. The summed E-state index contributed by atoms with van der Waals surface area (Å²) in [5, 5.41) is 4.47. The molecule has 0 radical (unpaired) electrons. The van der Waals surface area contributed by atoms with Crippen LogP contribution in [0.15, 0.2) is 30.3 Å². The van der Waals surface area contributed by atoms with E-state index in [1.165, 1.54) is 6.42 Å². The van der Waals surface area contributed by atoms with Crippen molar-refractivity contribution in [1.29, 1.82) is 0 Å². The Kier molecular flexibility index (Phi) is 3.11. The van der Waals surface area contributed by atoms with E-state index in [9.17, 15) is 0 Å². The zero-order chi connectivity index (χ0) is 13.4. The second-order valence-electron chi connectivity index (χ2n) is 5.30. The maximum Gasteiger partial charge on any atom is 0.136 e. The van der Waals surface area contributed by atoms with Gasteiger partial charge in [0.1, 0.15) is 10.8 Å². The summed E-state index contributed by atoms with van der Waals surface area (Å²) in [5.41, 5.74) is 7.61. The molecule has 1 aromatic heterocycles. The van der Waals surface area contributed by atoms with Gasteiger partial charge in [-0.15, -0.1) is 0 Å². The fourth-order valence-electron chi connectivity index (χ4n) is 2.35. The van der Waals surface area contributed by atoms with E-state index in [1.54, 1.807) is 0 Å². The van der Waals surface area contributed by atoms with Crippen LogP contribution in [0.1, 0.15) is 18.9 Å². The Labute approximate surface area is 118 Å². The quantitative estimate of drug-likeness (QED) is 0.840. The molecule has 3 rings (SSSR count). The van der Waals surface area contributed by atoms with Gasteiger partial charge in [0.2, 0.25) is 0 Å². The minimum absolute atomic E-state index is 0.393. The van der Waals surface area contributed by atoms with Crippen molar-refractivity contribution in [2.45, 2.75) is 13.3 Å². The maximum atomic E-state index is 5.81. The van der Waals surface area contributed by atoms with Gasteiger partial charge in [-0.3, -0.25) is 0 Å². The number of pyridine rings is 1. The molecule has 0 amide bonds. The van der Waals surface area contributed by atoms with Crippen LogP contribution < -0.4 is 11.1 Å². The second-order valence-corrected chi connectivity index (χ2v) is 5.74. The minimum atomic E-state index is 0.393. The number of aromatic nitrogens is 1. The highest BCUT2D eigenvalue weighted by atomic mass is 32.1. The molecule has 1 fully saturated rings. The van der Waals surface area contributed by atoms with Gasteiger partial charge in [0.15, 0.2) is 0 Å². The number of para-hydroxylation sites is 1. The van der Waals surface area contributed by atoms with Gasteiger partial charge in [0, 0.05) is 11.9 Å². The molecule has 1 saturated carbocycles. The normalized spacial score (nSPS) is 21.3. The first-order valence-electron chi connectivity index (χ1n) is 6.58. The van der Waals surface area contributed by atoms with Crippen LogP contribution in [0.5, 0.6) is 0 Å². The van der Waals surface area contributed by atoms with Crippen LogP contribution in [-0.4, -0.2) is 16.5 Å². The Balaban J connectivity index is 1.95. The van der Waals surface area contributed by atoms with E-state index in [-0.39, 0.29) is 0 Å². The zero-order valence-electron chi connectivity index (χ0n) is 10.9. The number of hydrogen-bond donors (Lipinski definition) is 2. The number of anilines is 1. The van der Waals surface area contributed by atoms with Gasteiger partial charge < -0.3 is 11.1 Å². The van der Waals surface area contributed by atoms with E-state index in [0.29, 0.717) is 4.99 Å². The van der Waals surface area contributed by atoms with Gasteiger partial charge in [0.25, 0.3) is 0 Å². The van der Waals surface area contributed by atoms with E-state index < -0.39 is 0 Å². The largest absolute Gasteiger partial charge is 0.389 e. The molecule has 98 valence electrons. The Bertz CT molecular complexity index is 638. The molecule has 1 heterocycles. The summed E-state index contributed by atoms with van der Waals surface area (Å²) >= 11 is 5.13. The van der Waals surface area contributed by atoms with Crippen LogP contribution in [0, 0.1) is 11.8 Å². The molecule has 1 aromatic carbocycles. The lowest BCUT2D eigenvalue weighted by atomic mass is 10.1. The monoisotopic (exact) mass is 271 g/mol. The maximum absolute atomic E-state index is 5.81. The molecular weight excluding hydrogens is 254 g/mol. The number of benzene rings is 1. The molecule has 0 bridgehead atoms. The van der Waals surface area contributed by atoms with Gasteiger partial charge in [-0.05, 0) is 30.4 Å². The Morgan fingerprint density at radius 1 is 1.47 bits per heavy atom. The van der Waals surface area contributed by atoms with Crippen molar-refractivity contribution < 1.29 is 0 Å². The van der Waals surface area contributed by atoms with E-state index in [1.807, 2.05) is 30.3 Å². The molecular formula is C15H17N3S. The Morgan fingerprint density at radius 3 is 2.89 bits per heavy atom. The lowest BCUT2D eigenvalue weighted by Crippen LogP contribution is -2.16. The minimum Gasteiger partial charge on any atom is -0.389 e. The highest BCUT2D eigenvalue weighted by Crippen LogP contribution is 2.37. The molecule has 3 nitrogen and oxygen atoms in total. The van der Waals surface area contributed by atoms with Crippen LogP contribution >= 0.6 is 12.2 Å². The summed E-state index contributed by atoms with van der Waals surface area (Å²) in [6.07, 6.45) is 1.29. The molecule has 0 spiro atoms. The number of fused-ring (bicyclic) bond motifs is 1. The van der Waals surface area contributed by atoms with E-state index in [0.717, 1.165) is 40.7 Å². The van der Waals surface area contributed by atoms with Crippen LogP contribution in [0.2, 0.25) is 0 Å². The molecule has 19 heavy (non-hydrogen) atoms. The first-order valence-corrected chi connectivity index (χ1v) is 6.99. The molecule has 2 unspecified atom stereocenters. The van der Waals surface area contributed by atoms with Crippen LogP contribution in [0.3, 0.4) is 0 Å². The van der Waals surface area contributed by atoms with Gasteiger partial charge in [-0.25, -0.2) is 4.98 Å². The number of nitrogens with zero attached hydrogens (tertiary/aromatic N) is 1. The van der Waals surface area contributed by atoms with Crippen molar-refractivity contribution in [2.24, 2.45) is 17.6 Å². The smallest absolute Gasteiger partial charge is 0.136 e. The highest BCUT2D eigenvalue weighted by molar-refractivity contribution is 7.80. The second kappa shape index (κ2) is 4.78. The third kappa shape index (κ3) is 2.54. The van der Waals surface area contributed by atoms with E-state index in [4.69, 9.17) is 18.0 Å². The fourth-order valence-corrected chi connectivity index (χ4v) is 2.51. The third-order valence-electron chi connectivity index (χ3n) is 3.80. The van der Waals surface area contributed by atoms with Gasteiger partial charge in [0.05, 0.1) is 11.1 Å². The van der Waals surface area contributed by atoms with Crippen LogP contribution in [-0.2, 0) is 0 Å². The molecule has 1 aliphatic rings. The number of thiocarbonyl (C=S) groups is 1. The van der Waals surface area contributed by atoms with Crippen molar-refractivity contribution in [3.05, 3.63) is 35.9 Å². The third-order valence-corrected chi connectivity index (χ3v) is 4.02. The summed E-state index contributed by atoms with van der Waals surface area (Å²) in [7, 11) is 0. The van der Waals surface area contributed by atoms with Crippen molar-refractivity contribution in [3.63, 3.8) is 0 Å². The van der Waals surface area contributed by atoms with E-state index in [2.05, 4.69) is 17.2 Å². The highest BCUT2D eigenvalue weighted by Gasteiger charge is 2.32. The molecule has 1 aliphatic carbocycles. The number of nitrogens with one attached hydrogen (secondary N) is 1. The van der Waals surface area contributed by atoms with Crippen LogP contribution in [0.4, 0.5) is 5.82 Å². The van der Waals surface area contributed by atoms with Crippen molar-refractivity contribution in [3.8, 4) is 0 Å². The lowest BCUT2D eigenvalue weighted by Gasteiger charge is -2.11. The standard InChI is InChI=1S/C15H17N3S/c1-9-6-11(9)8-17-15-12(14(16)19)7-10-4-2-3-5-13(10)18-15/h2-5,7,9,11H,6,8H2,1H3,(H2,16,19)(H,17,18). The zero-order valence-corrected chi connectivity index (χ0v) is 11.7. The molecule has 0 saturated heterocycles. The van der Waals surface area contributed by atoms with Crippen LogP contribution in [0.25, 0.3) is 10.9 Å². The SMILES string of the molecule is CC1CC1CNc1nc2ccccc2cc1C(N)=S. The predicted molar refractivity (Wildman–Crippen MR) is 83.4 cm³/mol. The molecule has 3 N–H and O–H groups in total. The number of nitrogens with two attached hydrogens (primary N) is 1. The average Bonchev–Trinajstić information content (AvgIpc) is 3.11.